The lowest BCUT2D eigenvalue weighted by Gasteiger charge is -2.13. The van der Waals surface area contributed by atoms with Crippen LogP contribution in [0.15, 0.2) is 30.3 Å². The smallest absolute Gasteiger partial charge is 0.164 e. The van der Waals surface area contributed by atoms with Gasteiger partial charge in [-0.05, 0) is 50.1 Å². The van der Waals surface area contributed by atoms with Crippen molar-refractivity contribution in [3.05, 3.63) is 53.0 Å². The first-order chi connectivity index (χ1) is 10.1. The maximum Gasteiger partial charge on any atom is 0.164 e. The Bertz CT molecular complexity index is 805. The Labute approximate surface area is 129 Å². The predicted molar refractivity (Wildman–Crippen MR) is 87.5 cm³/mol. The van der Waals surface area contributed by atoms with Gasteiger partial charge < -0.3 is 0 Å². The third-order valence-corrected chi connectivity index (χ3v) is 4.04. The van der Waals surface area contributed by atoms with Crippen LogP contribution in [0.4, 0.5) is 0 Å². The first kappa shape index (κ1) is 14.1. The summed E-state index contributed by atoms with van der Waals surface area (Å²) in [5.41, 5.74) is 6.46. The van der Waals surface area contributed by atoms with Crippen LogP contribution in [0.1, 0.15) is 22.6 Å². The number of pyridine rings is 1. The fourth-order valence-electron chi connectivity index (χ4n) is 2.58. The van der Waals surface area contributed by atoms with Crippen LogP contribution in [0.3, 0.4) is 0 Å². The summed E-state index contributed by atoms with van der Waals surface area (Å²) in [5.74, 6) is 1.51. The molecule has 2 heterocycles. The summed E-state index contributed by atoms with van der Waals surface area (Å²) in [6, 6.07) is 10.3. The number of nitrogens with zero attached hydrogens (tertiary/aromatic N) is 3. The minimum absolute atomic E-state index is 0.549. The molecule has 3 nitrogen and oxygen atoms in total. The summed E-state index contributed by atoms with van der Waals surface area (Å²) in [5, 5.41) is 0. The highest BCUT2D eigenvalue weighted by Crippen LogP contribution is 2.25. The average Bonchev–Trinajstić information content (AvgIpc) is 2.80. The van der Waals surface area contributed by atoms with Gasteiger partial charge >= 0.3 is 0 Å². The Morgan fingerprint density at radius 3 is 2.62 bits per heavy atom. The van der Waals surface area contributed by atoms with Gasteiger partial charge in [0, 0.05) is 18.0 Å². The highest BCUT2D eigenvalue weighted by atomic mass is 35.5. The van der Waals surface area contributed by atoms with E-state index in [-0.39, 0.29) is 0 Å². The van der Waals surface area contributed by atoms with Crippen molar-refractivity contribution < 1.29 is 0 Å². The number of aryl methyl sites for hydroxylation is 3. The van der Waals surface area contributed by atoms with Crippen LogP contribution in [-0.2, 0) is 6.42 Å². The normalized spacial score (nSPS) is 11.2. The molecule has 0 bridgehead atoms. The first-order valence-corrected chi connectivity index (χ1v) is 7.63. The van der Waals surface area contributed by atoms with E-state index in [4.69, 9.17) is 16.6 Å². The van der Waals surface area contributed by atoms with Gasteiger partial charge in [0.15, 0.2) is 5.65 Å². The van der Waals surface area contributed by atoms with Crippen LogP contribution in [0.5, 0.6) is 0 Å². The minimum Gasteiger partial charge on any atom is -0.280 e. The van der Waals surface area contributed by atoms with Gasteiger partial charge in [-0.25, -0.2) is 9.97 Å². The molecule has 3 rings (SSSR count). The number of alkyl halides is 1. The van der Waals surface area contributed by atoms with Crippen molar-refractivity contribution in [3.63, 3.8) is 0 Å². The Morgan fingerprint density at radius 1 is 1.05 bits per heavy atom. The van der Waals surface area contributed by atoms with Crippen molar-refractivity contribution in [2.75, 3.05) is 5.88 Å². The molecule has 0 saturated heterocycles. The molecular weight excluding hydrogens is 282 g/mol. The van der Waals surface area contributed by atoms with Gasteiger partial charge in [-0.3, -0.25) is 4.57 Å². The number of aromatic nitrogens is 3. The zero-order valence-electron chi connectivity index (χ0n) is 12.5. The van der Waals surface area contributed by atoms with Crippen LogP contribution >= 0.6 is 11.6 Å². The molecule has 0 unspecified atom stereocenters. The molecule has 0 atom stereocenters. The van der Waals surface area contributed by atoms with E-state index >= 15 is 0 Å². The van der Waals surface area contributed by atoms with Gasteiger partial charge in [0.05, 0.1) is 5.69 Å². The second-order valence-electron chi connectivity index (χ2n) is 5.32. The number of halogens is 1. The summed E-state index contributed by atoms with van der Waals surface area (Å²) >= 11 is 5.95. The molecule has 21 heavy (non-hydrogen) atoms. The van der Waals surface area contributed by atoms with Crippen LogP contribution in [0.25, 0.3) is 16.9 Å². The molecule has 0 radical (unpaired) electrons. The fourth-order valence-corrected chi connectivity index (χ4v) is 2.75. The Kier molecular flexibility index (Phi) is 3.68. The Morgan fingerprint density at radius 2 is 1.86 bits per heavy atom. The quantitative estimate of drug-likeness (QED) is 0.681. The van der Waals surface area contributed by atoms with Crippen LogP contribution in [-0.4, -0.2) is 20.4 Å². The number of fused-ring (bicyclic) bond motifs is 1. The SMILES string of the molecule is Cc1ccc2nc(CCCl)n(-c3cccc(C)c3C)c2n1. The topological polar surface area (TPSA) is 30.7 Å². The standard InChI is InChI=1S/C17H18ClN3/c1-11-5-4-6-15(13(11)3)21-16(9-10-18)20-14-8-7-12(2)19-17(14)21/h4-8H,9-10H2,1-3H3. The van der Waals surface area contributed by atoms with Crippen LogP contribution in [0, 0.1) is 20.8 Å². The van der Waals surface area contributed by atoms with Crippen molar-refractivity contribution in [2.24, 2.45) is 0 Å². The van der Waals surface area contributed by atoms with E-state index in [1.54, 1.807) is 0 Å². The maximum atomic E-state index is 5.95. The highest BCUT2D eigenvalue weighted by molar-refractivity contribution is 6.17. The van der Waals surface area contributed by atoms with Crippen molar-refractivity contribution >= 4 is 22.8 Å². The molecule has 0 saturated carbocycles. The van der Waals surface area contributed by atoms with Gasteiger partial charge in [0.25, 0.3) is 0 Å². The molecule has 2 aromatic heterocycles. The molecule has 0 aliphatic carbocycles. The van der Waals surface area contributed by atoms with Gasteiger partial charge in [0.2, 0.25) is 0 Å². The number of benzene rings is 1. The second-order valence-corrected chi connectivity index (χ2v) is 5.69. The zero-order valence-corrected chi connectivity index (χ0v) is 13.3. The third-order valence-electron chi connectivity index (χ3n) is 3.85. The molecule has 0 aliphatic rings. The van der Waals surface area contributed by atoms with E-state index in [1.165, 1.54) is 11.1 Å². The summed E-state index contributed by atoms with van der Waals surface area (Å²) in [6.07, 6.45) is 0.727. The molecule has 108 valence electrons. The first-order valence-electron chi connectivity index (χ1n) is 7.09. The molecule has 0 aliphatic heterocycles. The van der Waals surface area contributed by atoms with E-state index in [2.05, 4.69) is 41.6 Å². The van der Waals surface area contributed by atoms with Gasteiger partial charge in [-0.15, -0.1) is 11.6 Å². The van der Waals surface area contributed by atoms with Crippen molar-refractivity contribution in [3.8, 4) is 5.69 Å². The summed E-state index contributed by atoms with van der Waals surface area (Å²) in [6.45, 7) is 6.26. The van der Waals surface area contributed by atoms with E-state index in [1.807, 2.05) is 19.1 Å². The Balaban J connectivity index is 2.35. The molecule has 0 spiro atoms. The molecular formula is C17H18ClN3. The monoisotopic (exact) mass is 299 g/mol. The summed E-state index contributed by atoms with van der Waals surface area (Å²) in [4.78, 5) is 9.39. The molecule has 0 N–H and O–H groups in total. The van der Waals surface area contributed by atoms with Crippen LogP contribution in [0.2, 0.25) is 0 Å². The largest absolute Gasteiger partial charge is 0.280 e. The van der Waals surface area contributed by atoms with Crippen molar-refractivity contribution in [1.82, 2.24) is 14.5 Å². The molecule has 4 heteroatoms. The third kappa shape index (κ3) is 2.42. The zero-order chi connectivity index (χ0) is 15.0. The second kappa shape index (κ2) is 5.49. The molecule has 0 amide bonds. The van der Waals surface area contributed by atoms with Gasteiger partial charge in [-0.1, -0.05) is 12.1 Å². The molecule has 3 aromatic rings. The van der Waals surface area contributed by atoms with E-state index < -0.39 is 0 Å². The average molecular weight is 300 g/mol. The van der Waals surface area contributed by atoms with Crippen molar-refractivity contribution in [1.29, 1.82) is 0 Å². The van der Waals surface area contributed by atoms with E-state index in [0.29, 0.717) is 5.88 Å². The lowest BCUT2D eigenvalue weighted by molar-refractivity contribution is 0.897. The number of hydrogen-bond acceptors (Lipinski definition) is 2. The van der Waals surface area contributed by atoms with Crippen LogP contribution < -0.4 is 0 Å². The minimum atomic E-state index is 0.549. The number of rotatable bonds is 3. The van der Waals surface area contributed by atoms with Gasteiger partial charge in [-0.2, -0.15) is 0 Å². The lowest BCUT2D eigenvalue weighted by Crippen LogP contribution is -2.05. The number of imidazole rings is 1. The lowest BCUT2D eigenvalue weighted by atomic mass is 10.1. The summed E-state index contributed by atoms with van der Waals surface area (Å²) in [7, 11) is 0. The predicted octanol–water partition coefficient (Wildman–Crippen LogP) is 4.13. The Hall–Kier alpha value is -1.87. The van der Waals surface area contributed by atoms with E-state index in [9.17, 15) is 0 Å². The fraction of sp³-hybridized carbons (Fsp3) is 0.294. The van der Waals surface area contributed by atoms with Gasteiger partial charge in [0.1, 0.15) is 11.3 Å². The molecule has 1 aromatic carbocycles. The van der Waals surface area contributed by atoms with Crippen molar-refractivity contribution in [2.45, 2.75) is 27.2 Å². The number of hydrogen-bond donors (Lipinski definition) is 0. The van der Waals surface area contributed by atoms with E-state index in [0.717, 1.165) is 34.8 Å². The maximum absolute atomic E-state index is 5.95. The summed E-state index contributed by atoms with van der Waals surface area (Å²) < 4.78 is 2.15. The molecule has 0 fully saturated rings. The highest BCUT2D eigenvalue weighted by Gasteiger charge is 2.15.